The fourth-order valence-electron chi connectivity index (χ4n) is 2.77. The van der Waals surface area contributed by atoms with E-state index in [4.69, 9.17) is 0 Å². The van der Waals surface area contributed by atoms with Gasteiger partial charge in [0.1, 0.15) is 0 Å². The summed E-state index contributed by atoms with van der Waals surface area (Å²) >= 11 is 0. The van der Waals surface area contributed by atoms with Gasteiger partial charge in [-0.1, -0.05) is 20.3 Å². The highest BCUT2D eigenvalue weighted by Crippen LogP contribution is 2.49. The second-order valence-corrected chi connectivity index (χ2v) is 5.11. The molecule has 0 aromatic heterocycles. The summed E-state index contributed by atoms with van der Waals surface area (Å²) in [4.78, 5) is 0. The molecular weight excluding hydrogens is 146 g/mol. The number of piperidine rings is 1. The van der Waals surface area contributed by atoms with Crippen LogP contribution in [0, 0.1) is 11.3 Å². The van der Waals surface area contributed by atoms with Gasteiger partial charge in [0, 0.05) is 6.04 Å². The van der Waals surface area contributed by atoms with Crippen molar-refractivity contribution in [2.24, 2.45) is 11.3 Å². The van der Waals surface area contributed by atoms with Crippen LogP contribution >= 0.6 is 0 Å². The van der Waals surface area contributed by atoms with Crippen molar-refractivity contribution >= 4 is 0 Å². The molecular formula is C11H21N. The summed E-state index contributed by atoms with van der Waals surface area (Å²) in [6, 6.07) is 0.805. The van der Waals surface area contributed by atoms with Crippen molar-refractivity contribution in [3.63, 3.8) is 0 Å². The third-order valence-corrected chi connectivity index (χ3v) is 3.93. The standard InChI is InChI=1S/C11H21N/c1-9(2)10-8-11(4-3-5-11)6-7-12-10/h9-10,12H,3-8H2,1-2H3. The Hall–Kier alpha value is -0.0400. The van der Waals surface area contributed by atoms with Gasteiger partial charge in [-0.2, -0.15) is 0 Å². The van der Waals surface area contributed by atoms with Crippen molar-refractivity contribution in [2.75, 3.05) is 6.54 Å². The van der Waals surface area contributed by atoms with E-state index < -0.39 is 0 Å². The van der Waals surface area contributed by atoms with E-state index in [2.05, 4.69) is 19.2 Å². The van der Waals surface area contributed by atoms with Gasteiger partial charge in [0.15, 0.2) is 0 Å². The Morgan fingerprint density at radius 2 is 2.00 bits per heavy atom. The third-order valence-electron chi connectivity index (χ3n) is 3.93. The number of hydrogen-bond acceptors (Lipinski definition) is 1. The van der Waals surface area contributed by atoms with Crippen LogP contribution < -0.4 is 5.32 Å². The first kappa shape index (κ1) is 8.55. The molecule has 1 heteroatoms. The zero-order valence-electron chi connectivity index (χ0n) is 8.40. The van der Waals surface area contributed by atoms with Crippen molar-refractivity contribution in [1.82, 2.24) is 5.32 Å². The van der Waals surface area contributed by atoms with E-state index in [9.17, 15) is 0 Å². The van der Waals surface area contributed by atoms with Crippen molar-refractivity contribution in [1.29, 1.82) is 0 Å². The molecule has 1 atom stereocenters. The lowest BCUT2D eigenvalue weighted by molar-refractivity contribution is 0.0524. The highest BCUT2D eigenvalue weighted by molar-refractivity contribution is 4.95. The molecule has 1 aliphatic carbocycles. The molecule has 1 aliphatic heterocycles. The van der Waals surface area contributed by atoms with E-state index in [1.54, 1.807) is 0 Å². The number of hydrogen-bond donors (Lipinski definition) is 1. The molecule has 1 heterocycles. The fourth-order valence-corrected chi connectivity index (χ4v) is 2.77. The zero-order valence-corrected chi connectivity index (χ0v) is 8.40. The Balaban J connectivity index is 1.94. The van der Waals surface area contributed by atoms with Crippen LogP contribution in [0.3, 0.4) is 0 Å². The summed E-state index contributed by atoms with van der Waals surface area (Å²) < 4.78 is 0. The van der Waals surface area contributed by atoms with Gasteiger partial charge in [-0.05, 0) is 43.6 Å². The van der Waals surface area contributed by atoms with Gasteiger partial charge in [0.2, 0.25) is 0 Å². The Bertz CT molecular complexity index is 158. The monoisotopic (exact) mass is 167 g/mol. The molecule has 1 N–H and O–H groups in total. The van der Waals surface area contributed by atoms with E-state index in [0.29, 0.717) is 0 Å². The Morgan fingerprint density at radius 3 is 2.50 bits per heavy atom. The van der Waals surface area contributed by atoms with Gasteiger partial charge in [0.25, 0.3) is 0 Å². The first-order valence-corrected chi connectivity index (χ1v) is 5.45. The predicted molar refractivity (Wildman–Crippen MR) is 52.1 cm³/mol. The van der Waals surface area contributed by atoms with Gasteiger partial charge in [-0.25, -0.2) is 0 Å². The van der Waals surface area contributed by atoms with Crippen LogP contribution in [-0.2, 0) is 0 Å². The average Bonchev–Trinajstić information content (AvgIpc) is 2.02. The van der Waals surface area contributed by atoms with Gasteiger partial charge in [-0.15, -0.1) is 0 Å². The summed E-state index contributed by atoms with van der Waals surface area (Å²) in [6.45, 7) is 5.95. The van der Waals surface area contributed by atoms with Gasteiger partial charge >= 0.3 is 0 Å². The van der Waals surface area contributed by atoms with E-state index >= 15 is 0 Å². The van der Waals surface area contributed by atoms with Gasteiger partial charge < -0.3 is 5.32 Å². The average molecular weight is 167 g/mol. The summed E-state index contributed by atoms with van der Waals surface area (Å²) in [5.41, 5.74) is 0.792. The van der Waals surface area contributed by atoms with E-state index in [0.717, 1.165) is 17.4 Å². The van der Waals surface area contributed by atoms with Gasteiger partial charge in [-0.3, -0.25) is 0 Å². The lowest BCUT2D eigenvalue weighted by Crippen LogP contribution is -2.49. The Kier molecular flexibility index (Phi) is 2.16. The molecule has 0 bridgehead atoms. The SMILES string of the molecule is CC(C)C1CC2(CCC2)CCN1. The fraction of sp³-hybridized carbons (Fsp3) is 1.00. The van der Waals surface area contributed by atoms with Crippen LogP contribution in [0.15, 0.2) is 0 Å². The second-order valence-electron chi connectivity index (χ2n) is 5.11. The molecule has 1 spiro atoms. The molecule has 0 aromatic rings. The first-order chi connectivity index (χ1) is 5.72. The first-order valence-electron chi connectivity index (χ1n) is 5.45. The van der Waals surface area contributed by atoms with Crippen LogP contribution in [0.2, 0.25) is 0 Å². The maximum Gasteiger partial charge on any atom is 0.00953 e. The predicted octanol–water partition coefficient (Wildman–Crippen LogP) is 2.56. The number of rotatable bonds is 1. The molecule has 2 rings (SSSR count). The summed E-state index contributed by atoms with van der Waals surface area (Å²) in [5.74, 6) is 0.822. The maximum absolute atomic E-state index is 3.64. The van der Waals surface area contributed by atoms with Crippen LogP contribution in [0.5, 0.6) is 0 Å². The minimum absolute atomic E-state index is 0.792. The molecule has 70 valence electrons. The van der Waals surface area contributed by atoms with Crippen LogP contribution in [0.25, 0.3) is 0 Å². The van der Waals surface area contributed by atoms with Crippen LogP contribution in [0.4, 0.5) is 0 Å². The van der Waals surface area contributed by atoms with Gasteiger partial charge in [0.05, 0.1) is 0 Å². The number of nitrogens with one attached hydrogen (secondary N) is 1. The Labute approximate surface area is 75.9 Å². The zero-order chi connectivity index (χ0) is 8.60. The highest BCUT2D eigenvalue weighted by atomic mass is 14.9. The molecule has 1 unspecified atom stereocenters. The van der Waals surface area contributed by atoms with Crippen molar-refractivity contribution in [3.8, 4) is 0 Å². The molecule has 0 aromatic carbocycles. The Morgan fingerprint density at radius 1 is 1.25 bits per heavy atom. The lowest BCUT2D eigenvalue weighted by atomic mass is 9.61. The molecule has 1 saturated heterocycles. The van der Waals surface area contributed by atoms with E-state index in [-0.39, 0.29) is 0 Å². The molecule has 2 fully saturated rings. The topological polar surface area (TPSA) is 12.0 Å². The third kappa shape index (κ3) is 1.39. The lowest BCUT2D eigenvalue weighted by Gasteiger charge is -2.49. The largest absolute Gasteiger partial charge is 0.314 e. The minimum Gasteiger partial charge on any atom is -0.314 e. The molecule has 1 saturated carbocycles. The van der Waals surface area contributed by atoms with E-state index in [1.165, 1.54) is 38.6 Å². The summed E-state index contributed by atoms with van der Waals surface area (Å²) in [6.07, 6.45) is 7.40. The maximum atomic E-state index is 3.64. The molecule has 0 radical (unpaired) electrons. The van der Waals surface area contributed by atoms with Crippen molar-refractivity contribution in [2.45, 2.75) is 52.0 Å². The van der Waals surface area contributed by atoms with Crippen LogP contribution in [0.1, 0.15) is 46.0 Å². The summed E-state index contributed by atoms with van der Waals surface area (Å²) in [5, 5.41) is 3.64. The molecule has 1 nitrogen and oxygen atoms in total. The molecule has 2 aliphatic rings. The van der Waals surface area contributed by atoms with Crippen LogP contribution in [-0.4, -0.2) is 12.6 Å². The summed E-state index contributed by atoms with van der Waals surface area (Å²) in [7, 11) is 0. The normalized spacial score (nSPS) is 33.8. The van der Waals surface area contributed by atoms with Crippen molar-refractivity contribution < 1.29 is 0 Å². The molecule has 0 amide bonds. The highest BCUT2D eigenvalue weighted by Gasteiger charge is 2.41. The second kappa shape index (κ2) is 3.02. The quantitative estimate of drug-likeness (QED) is 0.633. The molecule has 12 heavy (non-hydrogen) atoms. The minimum atomic E-state index is 0.792. The van der Waals surface area contributed by atoms with E-state index in [1.807, 2.05) is 0 Å². The van der Waals surface area contributed by atoms with Crippen molar-refractivity contribution in [3.05, 3.63) is 0 Å². The smallest absolute Gasteiger partial charge is 0.00953 e.